The van der Waals surface area contributed by atoms with Gasteiger partial charge in [0.15, 0.2) is 0 Å². The molecule has 9 heteroatoms. The Balaban J connectivity index is 2.07. The van der Waals surface area contributed by atoms with Crippen LogP contribution in [0.4, 0.5) is 4.79 Å². The van der Waals surface area contributed by atoms with Crippen molar-refractivity contribution >= 4 is 17.8 Å². The molecule has 1 aromatic rings. The molecule has 0 saturated carbocycles. The standard InChI is InChI=1S/C21H30N2O7/c1-28-14-15-30-13-9-23-20(26)18(16-17-6-3-2-4-7-17)19(25)22(21(23)27)8-12-29-11-5-10-24/h2-4,6-7,18,24H,5,8-16H2,1H3. The smallest absolute Gasteiger partial charge is 0.333 e. The number of benzene rings is 1. The molecule has 2 rings (SSSR count). The van der Waals surface area contributed by atoms with Crippen LogP contribution in [0, 0.1) is 5.92 Å². The third-order valence-electron chi connectivity index (χ3n) is 4.67. The van der Waals surface area contributed by atoms with Gasteiger partial charge >= 0.3 is 6.03 Å². The number of barbiturate groups is 1. The second kappa shape index (κ2) is 13.1. The van der Waals surface area contributed by atoms with Crippen LogP contribution in [0.5, 0.6) is 0 Å². The molecule has 0 aromatic heterocycles. The van der Waals surface area contributed by atoms with Crippen LogP contribution in [0.1, 0.15) is 12.0 Å². The summed E-state index contributed by atoms with van der Waals surface area (Å²) < 4.78 is 15.7. The van der Waals surface area contributed by atoms with Gasteiger partial charge in [-0.05, 0) is 18.4 Å². The minimum absolute atomic E-state index is 0.00603. The zero-order chi connectivity index (χ0) is 21.8. The lowest BCUT2D eigenvalue weighted by molar-refractivity contribution is -0.150. The monoisotopic (exact) mass is 422 g/mol. The maximum atomic E-state index is 12.9. The maximum Gasteiger partial charge on any atom is 0.333 e. The summed E-state index contributed by atoms with van der Waals surface area (Å²) in [6.07, 6.45) is 0.691. The Bertz CT molecular complexity index is 647. The minimum Gasteiger partial charge on any atom is -0.396 e. The van der Waals surface area contributed by atoms with E-state index >= 15 is 0 Å². The van der Waals surface area contributed by atoms with Crippen LogP contribution in [0.25, 0.3) is 0 Å². The van der Waals surface area contributed by atoms with Crippen LogP contribution in [-0.4, -0.2) is 92.6 Å². The number of aliphatic hydroxyl groups is 1. The number of carbonyl (C=O) groups excluding carboxylic acids is 3. The first-order valence-corrected chi connectivity index (χ1v) is 10.1. The number of imide groups is 2. The predicted molar refractivity (Wildman–Crippen MR) is 108 cm³/mol. The molecule has 1 aromatic carbocycles. The van der Waals surface area contributed by atoms with E-state index in [1.54, 1.807) is 7.11 Å². The van der Waals surface area contributed by atoms with Crippen molar-refractivity contribution in [2.45, 2.75) is 12.8 Å². The van der Waals surface area contributed by atoms with E-state index in [1.165, 1.54) is 0 Å². The summed E-state index contributed by atoms with van der Waals surface area (Å²) in [4.78, 5) is 40.9. The Labute approximate surface area is 176 Å². The van der Waals surface area contributed by atoms with Gasteiger partial charge in [-0.2, -0.15) is 0 Å². The second-order valence-corrected chi connectivity index (χ2v) is 6.80. The van der Waals surface area contributed by atoms with Crippen molar-refractivity contribution in [2.75, 3.05) is 59.8 Å². The molecule has 0 spiro atoms. The van der Waals surface area contributed by atoms with E-state index in [2.05, 4.69) is 0 Å². The van der Waals surface area contributed by atoms with E-state index in [1.807, 2.05) is 30.3 Å². The van der Waals surface area contributed by atoms with Gasteiger partial charge in [0.25, 0.3) is 0 Å². The zero-order valence-corrected chi connectivity index (χ0v) is 17.3. The van der Waals surface area contributed by atoms with Gasteiger partial charge in [0, 0.05) is 20.3 Å². The Morgan fingerprint density at radius 1 is 0.867 bits per heavy atom. The zero-order valence-electron chi connectivity index (χ0n) is 17.3. The van der Waals surface area contributed by atoms with Gasteiger partial charge in [-0.25, -0.2) is 4.79 Å². The van der Waals surface area contributed by atoms with Gasteiger partial charge in [-0.15, -0.1) is 0 Å². The number of amides is 4. The molecule has 30 heavy (non-hydrogen) atoms. The fourth-order valence-corrected chi connectivity index (χ4v) is 3.08. The molecule has 1 fully saturated rings. The first kappa shape index (κ1) is 23.9. The number of hydrogen-bond donors (Lipinski definition) is 1. The molecule has 0 aliphatic carbocycles. The molecule has 0 radical (unpaired) electrons. The molecule has 1 aliphatic rings. The number of methoxy groups -OCH3 is 1. The molecule has 1 saturated heterocycles. The normalized spacial score (nSPS) is 17.1. The highest BCUT2D eigenvalue weighted by Gasteiger charge is 2.45. The Morgan fingerprint density at radius 3 is 2.03 bits per heavy atom. The molecule has 9 nitrogen and oxygen atoms in total. The lowest BCUT2D eigenvalue weighted by Gasteiger charge is -2.37. The van der Waals surface area contributed by atoms with E-state index in [0.29, 0.717) is 26.2 Å². The van der Waals surface area contributed by atoms with Crippen LogP contribution in [0.3, 0.4) is 0 Å². The number of carbonyl (C=O) groups is 3. The van der Waals surface area contributed by atoms with Gasteiger partial charge in [-0.3, -0.25) is 19.4 Å². The van der Waals surface area contributed by atoms with E-state index in [9.17, 15) is 14.4 Å². The SMILES string of the molecule is COCCOCCN1C(=O)C(Cc2ccccc2)C(=O)N(CCOCCCO)C1=O. The summed E-state index contributed by atoms with van der Waals surface area (Å²) in [5, 5.41) is 8.81. The van der Waals surface area contributed by atoms with Crippen LogP contribution in [0.2, 0.25) is 0 Å². The summed E-state index contributed by atoms with van der Waals surface area (Å²) in [6.45, 7) is 1.50. The first-order chi connectivity index (χ1) is 14.6. The number of aliphatic hydroxyl groups excluding tert-OH is 1. The van der Waals surface area contributed by atoms with E-state index in [-0.39, 0.29) is 39.3 Å². The van der Waals surface area contributed by atoms with Crippen LogP contribution in [-0.2, 0) is 30.2 Å². The van der Waals surface area contributed by atoms with E-state index in [4.69, 9.17) is 19.3 Å². The average molecular weight is 422 g/mol. The van der Waals surface area contributed by atoms with E-state index in [0.717, 1.165) is 15.4 Å². The summed E-state index contributed by atoms with van der Waals surface area (Å²) in [6, 6.07) is 8.57. The minimum atomic E-state index is -0.971. The van der Waals surface area contributed by atoms with E-state index < -0.39 is 23.8 Å². The fourth-order valence-electron chi connectivity index (χ4n) is 3.08. The highest BCUT2D eigenvalue weighted by atomic mass is 16.5. The molecule has 1 unspecified atom stereocenters. The molecule has 1 heterocycles. The second-order valence-electron chi connectivity index (χ2n) is 6.80. The predicted octanol–water partition coefficient (Wildman–Crippen LogP) is 0.698. The van der Waals surface area contributed by atoms with Gasteiger partial charge < -0.3 is 19.3 Å². The van der Waals surface area contributed by atoms with Gasteiger partial charge in [0.2, 0.25) is 11.8 Å². The number of nitrogens with zero attached hydrogens (tertiary/aromatic N) is 2. The molecular weight excluding hydrogens is 392 g/mol. The first-order valence-electron chi connectivity index (χ1n) is 10.1. The fraction of sp³-hybridized carbons (Fsp3) is 0.571. The van der Waals surface area contributed by atoms with Crippen molar-refractivity contribution in [3.8, 4) is 0 Å². The highest BCUT2D eigenvalue weighted by molar-refractivity contribution is 6.16. The van der Waals surface area contributed by atoms with Crippen LogP contribution in [0.15, 0.2) is 30.3 Å². The molecule has 1 atom stereocenters. The van der Waals surface area contributed by atoms with Gasteiger partial charge in [-0.1, -0.05) is 30.3 Å². The largest absolute Gasteiger partial charge is 0.396 e. The topological polar surface area (TPSA) is 106 Å². The molecular formula is C21H30N2O7. The number of rotatable bonds is 14. The van der Waals surface area contributed by atoms with Crippen molar-refractivity contribution in [1.29, 1.82) is 0 Å². The molecule has 1 N–H and O–H groups in total. The van der Waals surface area contributed by atoms with Gasteiger partial charge in [0.1, 0.15) is 5.92 Å². The van der Waals surface area contributed by atoms with Crippen molar-refractivity contribution in [2.24, 2.45) is 5.92 Å². The lowest BCUT2D eigenvalue weighted by atomic mass is 9.94. The van der Waals surface area contributed by atoms with Gasteiger partial charge in [0.05, 0.1) is 39.5 Å². The summed E-state index contributed by atoms with van der Waals surface area (Å²) >= 11 is 0. The molecule has 1 aliphatic heterocycles. The Hall–Kier alpha value is -2.33. The third kappa shape index (κ3) is 6.88. The quantitative estimate of drug-likeness (QED) is 0.347. The maximum absolute atomic E-state index is 12.9. The van der Waals surface area contributed by atoms with Crippen molar-refractivity contribution in [3.63, 3.8) is 0 Å². The molecule has 0 bridgehead atoms. The number of ether oxygens (including phenoxy) is 3. The molecule has 166 valence electrons. The van der Waals surface area contributed by atoms with Crippen LogP contribution < -0.4 is 0 Å². The van der Waals surface area contributed by atoms with Crippen molar-refractivity contribution in [3.05, 3.63) is 35.9 Å². The molecule has 4 amide bonds. The summed E-state index contributed by atoms with van der Waals surface area (Å²) in [7, 11) is 1.56. The third-order valence-corrected chi connectivity index (χ3v) is 4.67. The highest BCUT2D eigenvalue weighted by Crippen LogP contribution is 2.22. The number of urea groups is 1. The number of hydrogen-bond acceptors (Lipinski definition) is 7. The average Bonchev–Trinajstić information content (AvgIpc) is 2.76. The summed E-state index contributed by atoms with van der Waals surface area (Å²) in [5.41, 5.74) is 0.842. The van der Waals surface area contributed by atoms with Crippen molar-refractivity contribution < 1.29 is 33.7 Å². The Kier molecular flexibility index (Phi) is 10.4. The Morgan fingerprint density at radius 2 is 1.47 bits per heavy atom. The van der Waals surface area contributed by atoms with Crippen LogP contribution >= 0.6 is 0 Å². The lowest BCUT2D eigenvalue weighted by Crippen LogP contribution is -2.61. The van der Waals surface area contributed by atoms with Crippen molar-refractivity contribution in [1.82, 2.24) is 9.80 Å². The summed E-state index contributed by atoms with van der Waals surface area (Å²) in [5.74, 6) is -2.00.